The fraction of sp³-hybridized carbons (Fsp3) is 0.500. The molecule has 2 aromatic heterocycles. The van der Waals surface area contributed by atoms with Crippen LogP contribution in [0.2, 0.25) is 0 Å². The molecule has 2 N–H and O–H groups in total. The molecule has 0 aliphatic heterocycles. The molecule has 10 nitrogen and oxygen atoms in total. The van der Waals surface area contributed by atoms with Crippen molar-refractivity contribution >= 4 is 45.9 Å². The average Bonchev–Trinajstić information content (AvgIpc) is 3.71. The van der Waals surface area contributed by atoms with Crippen LogP contribution in [0.25, 0.3) is 0 Å². The monoisotopic (exact) mass is 611 g/mol. The van der Waals surface area contributed by atoms with Crippen LogP contribution in [0.5, 0.6) is 5.75 Å². The predicted molar refractivity (Wildman–Crippen MR) is 162 cm³/mol. The van der Waals surface area contributed by atoms with E-state index in [1.54, 1.807) is 19.1 Å². The summed E-state index contributed by atoms with van der Waals surface area (Å²) in [5, 5.41) is 15.5. The van der Waals surface area contributed by atoms with Crippen LogP contribution in [0.3, 0.4) is 0 Å². The maximum absolute atomic E-state index is 13.4. The Morgan fingerprint density at radius 2 is 1.88 bits per heavy atom. The minimum absolute atomic E-state index is 0.0969. The number of hydrogen-bond acceptors (Lipinski definition) is 9. The van der Waals surface area contributed by atoms with Crippen LogP contribution in [0.1, 0.15) is 85.0 Å². The molecule has 1 saturated carbocycles. The Labute approximate surface area is 254 Å². The number of rotatable bonds is 12. The fourth-order valence-electron chi connectivity index (χ4n) is 5.45. The fourth-order valence-corrected chi connectivity index (χ4v) is 7.66. The van der Waals surface area contributed by atoms with Gasteiger partial charge in [0.2, 0.25) is 5.91 Å². The summed E-state index contributed by atoms with van der Waals surface area (Å²) in [6, 6.07) is 9.40. The molecule has 2 amide bonds. The van der Waals surface area contributed by atoms with Crippen LogP contribution in [-0.4, -0.2) is 51.0 Å². The lowest BCUT2D eigenvalue weighted by molar-refractivity contribution is -0.123. The van der Waals surface area contributed by atoms with Crippen LogP contribution in [-0.2, 0) is 33.7 Å². The molecule has 0 bridgehead atoms. The molecule has 2 aliphatic carbocycles. The molecule has 12 heteroatoms. The summed E-state index contributed by atoms with van der Waals surface area (Å²) < 4.78 is 13.0. The minimum atomic E-state index is -0.495. The van der Waals surface area contributed by atoms with Crippen molar-refractivity contribution in [1.29, 1.82) is 0 Å². The van der Waals surface area contributed by atoms with Gasteiger partial charge in [-0.1, -0.05) is 49.2 Å². The lowest BCUT2D eigenvalue weighted by atomic mass is 9.95. The summed E-state index contributed by atoms with van der Waals surface area (Å²) in [4.78, 5) is 39.8. The van der Waals surface area contributed by atoms with Crippen LogP contribution in [0, 0.1) is 0 Å². The van der Waals surface area contributed by atoms with Crippen LogP contribution >= 0.6 is 23.1 Å². The zero-order valence-electron chi connectivity index (χ0n) is 24.0. The molecule has 0 spiro atoms. The smallest absolute Gasteiger partial charge is 0.341 e. The number of esters is 1. The van der Waals surface area contributed by atoms with Crippen LogP contribution in [0.15, 0.2) is 35.5 Å². The van der Waals surface area contributed by atoms with E-state index in [2.05, 4.69) is 25.4 Å². The highest BCUT2D eigenvalue weighted by Crippen LogP contribution is 2.40. The van der Waals surface area contributed by atoms with Crippen LogP contribution < -0.4 is 15.4 Å². The van der Waals surface area contributed by atoms with Gasteiger partial charge in [0.05, 0.1) is 24.0 Å². The third-order valence-electron chi connectivity index (χ3n) is 7.52. The molecular formula is C30H37N5O5S2. The summed E-state index contributed by atoms with van der Waals surface area (Å²) >= 11 is 2.81. The Bertz CT molecular complexity index is 1400. The van der Waals surface area contributed by atoms with Crippen molar-refractivity contribution in [2.45, 2.75) is 88.2 Å². The maximum Gasteiger partial charge on any atom is 0.341 e. The van der Waals surface area contributed by atoms with E-state index in [-0.39, 0.29) is 43.6 Å². The number of para-hydroxylation sites is 1. The number of thioether (sulfide) groups is 1. The number of fused-ring (bicyclic) bond motifs is 1. The van der Waals surface area contributed by atoms with Gasteiger partial charge in [-0.2, -0.15) is 0 Å². The molecule has 2 aliphatic rings. The minimum Gasteiger partial charge on any atom is -0.484 e. The first-order chi connectivity index (χ1) is 20.4. The van der Waals surface area contributed by atoms with Gasteiger partial charge in [-0.05, 0) is 63.6 Å². The van der Waals surface area contributed by atoms with E-state index in [1.165, 1.54) is 29.5 Å². The first-order valence-corrected chi connectivity index (χ1v) is 16.3. The first kappa shape index (κ1) is 30.1. The number of nitrogens with one attached hydrogen (secondary N) is 2. The summed E-state index contributed by atoms with van der Waals surface area (Å²) in [6.45, 7) is 4.00. The van der Waals surface area contributed by atoms with Crippen molar-refractivity contribution in [2.24, 2.45) is 0 Å². The standard InChI is InChI=1S/C30H37N5O5S2/c1-3-39-29(38)26-22-15-10-16-23(22)42-28(26)32-27(37)19(2)41-30-34-33-24(35(30)20-11-6-4-7-12-20)17-31-25(36)18-40-21-13-8-5-9-14-21/h5,8-9,13-14,19-20H,3-4,6-7,10-12,15-18H2,1-2H3,(H,31,36)(H,32,37)/t19-/m1/s1. The molecule has 0 unspecified atom stereocenters. The highest BCUT2D eigenvalue weighted by Gasteiger charge is 2.30. The van der Waals surface area contributed by atoms with Crippen molar-refractivity contribution < 1.29 is 23.9 Å². The predicted octanol–water partition coefficient (Wildman–Crippen LogP) is 5.32. The van der Waals surface area contributed by atoms with Gasteiger partial charge < -0.3 is 24.7 Å². The number of aromatic nitrogens is 3. The number of amides is 2. The summed E-state index contributed by atoms with van der Waals surface area (Å²) in [7, 11) is 0. The van der Waals surface area contributed by atoms with E-state index in [4.69, 9.17) is 9.47 Å². The molecular weight excluding hydrogens is 574 g/mol. The van der Waals surface area contributed by atoms with Gasteiger partial charge in [-0.15, -0.1) is 21.5 Å². The van der Waals surface area contributed by atoms with Gasteiger partial charge in [0, 0.05) is 10.9 Å². The lowest BCUT2D eigenvalue weighted by Gasteiger charge is -2.26. The van der Waals surface area contributed by atoms with E-state index < -0.39 is 5.25 Å². The molecule has 2 heterocycles. The zero-order valence-corrected chi connectivity index (χ0v) is 25.7. The highest BCUT2D eigenvalue weighted by atomic mass is 32.2. The van der Waals surface area contributed by atoms with E-state index in [1.807, 2.05) is 25.1 Å². The first-order valence-electron chi connectivity index (χ1n) is 14.6. The summed E-state index contributed by atoms with van der Waals surface area (Å²) in [5.41, 5.74) is 1.51. The summed E-state index contributed by atoms with van der Waals surface area (Å²) in [6.07, 6.45) is 8.14. The third kappa shape index (κ3) is 7.15. The second-order valence-corrected chi connectivity index (χ2v) is 12.9. The molecule has 5 rings (SSSR count). The van der Waals surface area contributed by atoms with Crippen molar-refractivity contribution in [3.63, 3.8) is 0 Å². The molecule has 42 heavy (non-hydrogen) atoms. The largest absolute Gasteiger partial charge is 0.484 e. The zero-order chi connectivity index (χ0) is 29.5. The van der Waals surface area contributed by atoms with Gasteiger partial charge in [-0.3, -0.25) is 9.59 Å². The third-order valence-corrected chi connectivity index (χ3v) is 9.78. The quantitative estimate of drug-likeness (QED) is 0.208. The van der Waals surface area contributed by atoms with E-state index >= 15 is 0 Å². The Morgan fingerprint density at radius 1 is 1.10 bits per heavy atom. The number of aryl methyl sites for hydroxylation is 1. The van der Waals surface area contributed by atoms with Gasteiger partial charge in [0.1, 0.15) is 10.8 Å². The summed E-state index contributed by atoms with van der Waals surface area (Å²) in [5.74, 6) is 0.441. The SMILES string of the molecule is CCOC(=O)c1c(NC(=O)[C@@H](C)Sc2nnc(CNC(=O)COc3ccccc3)n2C2CCCCC2)sc2c1CCC2. The number of hydrogen-bond donors (Lipinski definition) is 2. The second kappa shape index (κ2) is 14.2. The molecule has 1 aromatic carbocycles. The highest BCUT2D eigenvalue weighted by molar-refractivity contribution is 8.00. The Morgan fingerprint density at radius 3 is 2.64 bits per heavy atom. The molecule has 224 valence electrons. The number of thiophene rings is 1. The van der Waals surface area contributed by atoms with Crippen molar-refractivity contribution in [2.75, 3.05) is 18.5 Å². The van der Waals surface area contributed by atoms with Crippen molar-refractivity contribution in [3.8, 4) is 5.75 Å². The molecule has 1 fully saturated rings. The maximum atomic E-state index is 13.4. The molecule has 3 aromatic rings. The molecule has 0 radical (unpaired) electrons. The number of carbonyl (C=O) groups is 3. The van der Waals surface area contributed by atoms with Gasteiger partial charge >= 0.3 is 5.97 Å². The van der Waals surface area contributed by atoms with Gasteiger partial charge in [0.15, 0.2) is 17.6 Å². The van der Waals surface area contributed by atoms with Crippen molar-refractivity contribution in [3.05, 3.63) is 52.2 Å². The average molecular weight is 612 g/mol. The molecule has 1 atom stereocenters. The number of ether oxygens (including phenoxy) is 2. The number of anilines is 1. The normalized spacial score (nSPS) is 15.6. The van der Waals surface area contributed by atoms with E-state index in [0.717, 1.165) is 55.4 Å². The topological polar surface area (TPSA) is 124 Å². The number of nitrogens with zero attached hydrogens (tertiary/aromatic N) is 3. The van der Waals surface area contributed by atoms with E-state index in [0.29, 0.717) is 27.3 Å². The Hall–Kier alpha value is -3.38. The Kier molecular flexibility index (Phi) is 10.2. The number of benzene rings is 1. The van der Waals surface area contributed by atoms with Gasteiger partial charge in [0.25, 0.3) is 5.91 Å². The lowest BCUT2D eigenvalue weighted by Crippen LogP contribution is -2.30. The number of carbonyl (C=O) groups excluding carboxylic acids is 3. The van der Waals surface area contributed by atoms with Crippen molar-refractivity contribution in [1.82, 2.24) is 20.1 Å². The van der Waals surface area contributed by atoms with Gasteiger partial charge in [-0.25, -0.2) is 4.79 Å². The molecule has 0 saturated heterocycles. The second-order valence-electron chi connectivity index (χ2n) is 10.5. The van der Waals surface area contributed by atoms with Crippen LogP contribution in [0.4, 0.5) is 5.00 Å². The Balaban J connectivity index is 1.26. The van der Waals surface area contributed by atoms with E-state index in [9.17, 15) is 14.4 Å².